The maximum absolute atomic E-state index is 12.7. The number of nitrogens with zero attached hydrogens (tertiary/aromatic N) is 1. The van der Waals surface area contributed by atoms with Crippen LogP contribution in [-0.2, 0) is 0 Å². The number of benzene rings is 2. The van der Waals surface area contributed by atoms with Gasteiger partial charge < -0.3 is 10.3 Å². The molecule has 0 aliphatic rings. The highest BCUT2D eigenvalue weighted by Crippen LogP contribution is 2.27. The van der Waals surface area contributed by atoms with Crippen molar-refractivity contribution < 1.29 is 4.79 Å². The number of nitrogens with one attached hydrogen (secondary N) is 2. The number of hydrogen-bond donors (Lipinski definition) is 2. The van der Waals surface area contributed by atoms with E-state index in [2.05, 4.69) is 21.4 Å². The molecule has 1 amide bonds. The average Bonchev–Trinajstić information content (AvgIpc) is 3.02. The van der Waals surface area contributed by atoms with Gasteiger partial charge in [-0.25, -0.2) is 4.98 Å². The van der Waals surface area contributed by atoms with Gasteiger partial charge in [0.1, 0.15) is 5.69 Å². The Labute approximate surface area is 145 Å². The number of amides is 1. The Morgan fingerprint density at radius 2 is 1.76 bits per heavy atom. The molecule has 4 rings (SSSR count). The number of para-hydroxylation sites is 1. The summed E-state index contributed by atoms with van der Waals surface area (Å²) >= 11 is 0. The first-order valence-corrected chi connectivity index (χ1v) is 8.37. The summed E-state index contributed by atoms with van der Waals surface area (Å²) in [7, 11) is 0. The Morgan fingerprint density at radius 1 is 1.04 bits per heavy atom. The van der Waals surface area contributed by atoms with Gasteiger partial charge in [-0.05, 0) is 31.5 Å². The zero-order valence-electron chi connectivity index (χ0n) is 14.2. The summed E-state index contributed by atoms with van der Waals surface area (Å²) in [6.07, 6.45) is 0. The van der Waals surface area contributed by atoms with Crippen LogP contribution in [0.4, 0.5) is 0 Å². The fourth-order valence-corrected chi connectivity index (χ4v) is 3.22. The van der Waals surface area contributed by atoms with Gasteiger partial charge >= 0.3 is 0 Å². The molecule has 2 N–H and O–H groups in total. The Morgan fingerprint density at radius 3 is 2.56 bits per heavy atom. The molecule has 0 bridgehead atoms. The smallest absolute Gasteiger partial charge is 0.270 e. The highest BCUT2D eigenvalue weighted by Gasteiger charge is 2.16. The Bertz CT molecular complexity index is 1070. The molecule has 1 atom stereocenters. The number of aryl methyl sites for hydroxylation is 1. The maximum atomic E-state index is 12.7. The van der Waals surface area contributed by atoms with Crippen LogP contribution in [0.15, 0.2) is 60.7 Å². The molecule has 124 valence electrons. The lowest BCUT2D eigenvalue weighted by molar-refractivity contribution is 0.0935. The number of carbonyl (C=O) groups excluding carboxylic acids is 1. The van der Waals surface area contributed by atoms with E-state index < -0.39 is 0 Å². The Kier molecular flexibility index (Phi) is 3.73. The molecule has 0 aliphatic carbocycles. The van der Waals surface area contributed by atoms with Crippen molar-refractivity contribution in [1.29, 1.82) is 0 Å². The lowest BCUT2D eigenvalue weighted by Gasteiger charge is -2.14. The summed E-state index contributed by atoms with van der Waals surface area (Å²) in [5, 5.41) is 5.17. The zero-order valence-corrected chi connectivity index (χ0v) is 14.2. The first kappa shape index (κ1) is 15.4. The molecule has 0 aliphatic heterocycles. The largest absolute Gasteiger partial charge is 0.353 e. The third kappa shape index (κ3) is 2.76. The second kappa shape index (κ2) is 6.06. The molecule has 0 spiro atoms. The summed E-state index contributed by atoms with van der Waals surface area (Å²) in [5.41, 5.74) is 4.37. The molecule has 2 aromatic carbocycles. The van der Waals surface area contributed by atoms with Gasteiger partial charge in [0.25, 0.3) is 5.91 Å². The normalized spacial score (nSPS) is 12.4. The van der Waals surface area contributed by atoms with Gasteiger partial charge in [-0.2, -0.15) is 0 Å². The molecular weight excluding hydrogens is 310 g/mol. The van der Waals surface area contributed by atoms with Crippen LogP contribution in [0.25, 0.3) is 21.8 Å². The van der Waals surface area contributed by atoms with Crippen molar-refractivity contribution in [3.05, 3.63) is 77.6 Å². The van der Waals surface area contributed by atoms with Crippen molar-refractivity contribution in [2.24, 2.45) is 0 Å². The zero-order chi connectivity index (χ0) is 17.4. The highest BCUT2D eigenvalue weighted by atomic mass is 16.1. The van der Waals surface area contributed by atoms with E-state index >= 15 is 0 Å². The fourth-order valence-electron chi connectivity index (χ4n) is 3.22. The van der Waals surface area contributed by atoms with Crippen molar-refractivity contribution >= 4 is 27.7 Å². The first-order chi connectivity index (χ1) is 12.1. The molecule has 1 unspecified atom stereocenters. The lowest BCUT2D eigenvalue weighted by atomic mass is 10.1. The Balaban J connectivity index is 1.71. The quantitative estimate of drug-likeness (QED) is 0.581. The van der Waals surface area contributed by atoms with Gasteiger partial charge in [0.2, 0.25) is 0 Å². The minimum Gasteiger partial charge on any atom is -0.353 e. The van der Waals surface area contributed by atoms with E-state index in [0.29, 0.717) is 5.69 Å². The maximum Gasteiger partial charge on any atom is 0.270 e. The number of carbonyl (C=O) groups is 1. The average molecular weight is 329 g/mol. The van der Waals surface area contributed by atoms with E-state index in [0.717, 1.165) is 33.1 Å². The van der Waals surface area contributed by atoms with Crippen LogP contribution in [0.5, 0.6) is 0 Å². The Hall–Kier alpha value is -3.14. The summed E-state index contributed by atoms with van der Waals surface area (Å²) < 4.78 is 0. The van der Waals surface area contributed by atoms with E-state index in [1.807, 2.05) is 68.4 Å². The summed E-state index contributed by atoms with van der Waals surface area (Å²) in [6.45, 7) is 3.90. The van der Waals surface area contributed by atoms with Crippen molar-refractivity contribution in [3.63, 3.8) is 0 Å². The number of aromatic amines is 1. The van der Waals surface area contributed by atoms with Gasteiger partial charge in [0.05, 0.1) is 17.3 Å². The number of rotatable bonds is 3. The predicted molar refractivity (Wildman–Crippen MR) is 101 cm³/mol. The number of hydrogen-bond acceptors (Lipinski definition) is 2. The molecule has 25 heavy (non-hydrogen) atoms. The van der Waals surface area contributed by atoms with Crippen LogP contribution in [0, 0.1) is 6.92 Å². The first-order valence-electron chi connectivity index (χ1n) is 8.37. The molecule has 0 radical (unpaired) electrons. The molecule has 2 heterocycles. The minimum absolute atomic E-state index is 0.0746. The summed E-state index contributed by atoms with van der Waals surface area (Å²) in [4.78, 5) is 20.6. The van der Waals surface area contributed by atoms with Gasteiger partial charge in [-0.15, -0.1) is 0 Å². The van der Waals surface area contributed by atoms with Gasteiger partial charge in [0, 0.05) is 16.3 Å². The second-order valence-corrected chi connectivity index (χ2v) is 6.29. The highest BCUT2D eigenvalue weighted by molar-refractivity contribution is 6.10. The number of fused-ring (bicyclic) bond motifs is 3. The third-order valence-corrected chi connectivity index (χ3v) is 4.56. The summed E-state index contributed by atoms with van der Waals surface area (Å²) in [6, 6.07) is 19.8. The molecule has 4 heteroatoms. The van der Waals surface area contributed by atoms with Gasteiger partial charge in [-0.3, -0.25) is 4.79 Å². The molecule has 0 fully saturated rings. The van der Waals surface area contributed by atoms with Crippen LogP contribution in [0.3, 0.4) is 0 Å². The summed E-state index contributed by atoms with van der Waals surface area (Å²) in [5.74, 6) is -0.161. The topological polar surface area (TPSA) is 57.8 Å². The lowest BCUT2D eigenvalue weighted by Crippen LogP contribution is -2.27. The van der Waals surface area contributed by atoms with E-state index in [4.69, 9.17) is 0 Å². The van der Waals surface area contributed by atoms with E-state index in [1.165, 1.54) is 0 Å². The van der Waals surface area contributed by atoms with E-state index in [9.17, 15) is 4.79 Å². The van der Waals surface area contributed by atoms with Crippen LogP contribution >= 0.6 is 0 Å². The predicted octanol–water partition coefficient (Wildman–Crippen LogP) is 4.52. The van der Waals surface area contributed by atoms with Crippen molar-refractivity contribution in [1.82, 2.24) is 15.3 Å². The fraction of sp³-hybridized carbons (Fsp3) is 0.143. The van der Waals surface area contributed by atoms with Crippen LogP contribution in [0.1, 0.15) is 34.7 Å². The number of aromatic nitrogens is 2. The van der Waals surface area contributed by atoms with Crippen LogP contribution < -0.4 is 5.32 Å². The van der Waals surface area contributed by atoms with Crippen LogP contribution in [0.2, 0.25) is 0 Å². The van der Waals surface area contributed by atoms with Crippen LogP contribution in [-0.4, -0.2) is 15.9 Å². The van der Waals surface area contributed by atoms with E-state index in [-0.39, 0.29) is 11.9 Å². The number of H-pyrrole nitrogens is 1. The molecule has 4 nitrogen and oxygen atoms in total. The van der Waals surface area contributed by atoms with E-state index in [1.54, 1.807) is 0 Å². The number of pyridine rings is 1. The van der Waals surface area contributed by atoms with Crippen molar-refractivity contribution in [2.75, 3.05) is 0 Å². The molecule has 2 aromatic heterocycles. The molecule has 0 saturated heterocycles. The van der Waals surface area contributed by atoms with Crippen molar-refractivity contribution in [3.8, 4) is 0 Å². The minimum atomic E-state index is -0.161. The molecular formula is C21H19N3O. The third-order valence-electron chi connectivity index (χ3n) is 4.56. The molecule has 4 aromatic rings. The van der Waals surface area contributed by atoms with Crippen molar-refractivity contribution in [2.45, 2.75) is 19.9 Å². The second-order valence-electron chi connectivity index (χ2n) is 6.29. The molecule has 0 saturated carbocycles. The van der Waals surface area contributed by atoms with Gasteiger partial charge in [0.15, 0.2) is 0 Å². The standard InChI is InChI=1S/C21H19N3O/c1-13(15-8-4-3-5-9-15)23-21(25)19-12-17-16-10-6-7-11-18(16)24-20(17)14(2)22-19/h3-13,24H,1-2H3,(H,23,25). The SMILES string of the molecule is Cc1nc(C(=O)NC(C)c2ccccc2)cc2c1[nH]c1ccccc12. The van der Waals surface area contributed by atoms with Gasteiger partial charge in [-0.1, -0.05) is 48.5 Å². The monoisotopic (exact) mass is 329 g/mol.